The first-order chi connectivity index (χ1) is 3.81. The zero-order valence-corrected chi connectivity index (χ0v) is 4.94. The molecular formula is C8H8. The lowest BCUT2D eigenvalue weighted by Gasteiger charge is -2.04. The molecule has 0 heterocycles. The van der Waals surface area contributed by atoms with E-state index in [1.807, 2.05) is 0 Å². The van der Waals surface area contributed by atoms with E-state index in [9.17, 15) is 0 Å². The summed E-state index contributed by atoms with van der Waals surface area (Å²) in [6.07, 6.45) is 7.64. The second-order valence-corrected chi connectivity index (χ2v) is 2.67. The Bertz CT molecular complexity index is 214. The van der Waals surface area contributed by atoms with Crippen molar-refractivity contribution >= 4 is 0 Å². The van der Waals surface area contributed by atoms with Crippen LogP contribution in [0.15, 0.2) is 29.5 Å². The van der Waals surface area contributed by atoms with Gasteiger partial charge in [-0.3, -0.25) is 0 Å². The summed E-state index contributed by atoms with van der Waals surface area (Å²) in [5, 5.41) is 0. The van der Waals surface area contributed by atoms with Crippen molar-refractivity contribution in [2.24, 2.45) is 5.41 Å². The van der Waals surface area contributed by atoms with Crippen LogP contribution < -0.4 is 0 Å². The summed E-state index contributed by atoms with van der Waals surface area (Å²) < 4.78 is 0. The van der Waals surface area contributed by atoms with Gasteiger partial charge in [0.2, 0.25) is 0 Å². The smallest absolute Gasteiger partial charge is 0.0324 e. The van der Waals surface area contributed by atoms with Crippen molar-refractivity contribution in [1.29, 1.82) is 0 Å². The summed E-state index contributed by atoms with van der Waals surface area (Å²) in [6.45, 7) is 2.22. The summed E-state index contributed by atoms with van der Waals surface area (Å²) in [5.74, 6) is 0. The Kier molecular flexibility index (Phi) is 0.513. The highest BCUT2D eigenvalue weighted by molar-refractivity contribution is 5.46. The summed E-state index contributed by atoms with van der Waals surface area (Å²) in [7, 11) is 0. The molecule has 0 saturated carbocycles. The van der Waals surface area contributed by atoms with E-state index in [2.05, 4.69) is 30.9 Å². The Morgan fingerprint density at radius 3 is 3.12 bits per heavy atom. The van der Waals surface area contributed by atoms with E-state index in [0.717, 1.165) is 6.42 Å². The molecule has 0 N–H and O–H groups in total. The molecule has 0 spiro atoms. The molecule has 0 amide bonds. The maximum atomic E-state index is 3.11. The Hall–Kier alpha value is -0.740. The monoisotopic (exact) mass is 104 g/mol. The lowest BCUT2D eigenvalue weighted by Crippen LogP contribution is -1.93. The van der Waals surface area contributed by atoms with Crippen molar-refractivity contribution in [2.75, 3.05) is 0 Å². The molecular weight excluding hydrogens is 96.1 g/mol. The third-order valence-corrected chi connectivity index (χ3v) is 1.91. The quantitative estimate of drug-likeness (QED) is 0.326. The maximum absolute atomic E-state index is 3.11. The van der Waals surface area contributed by atoms with E-state index in [1.54, 1.807) is 5.57 Å². The predicted octanol–water partition coefficient (Wildman–Crippen LogP) is 2.05. The minimum absolute atomic E-state index is 0.370. The third kappa shape index (κ3) is 0.361. The molecule has 0 aliphatic heterocycles. The van der Waals surface area contributed by atoms with Gasteiger partial charge < -0.3 is 0 Å². The van der Waals surface area contributed by atoms with Crippen LogP contribution in [0, 0.1) is 5.41 Å². The number of fused-ring (bicyclic) bond motifs is 1. The number of rotatable bonds is 0. The SMILES string of the molecule is C[C@@]12C=C=CCC1=C2. The highest BCUT2D eigenvalue weighted by Crippen LogP contribution is 2.48. The first kappa shape index (κ1) is 4.17. The number of allylic oxidation sites excluding steroid dienone is 3. The molecule has 2 rings (SSSR count). The first-order valence-corrected chi connectivity index (χ1v) is 2.96. The summed E-state index contributed by atoms with van der Waals surface area (Å²) in [4.78, 5) is 0. The van der Waals surface area contributed by atoms with Gasteiger partial charge in [0, 0.05) is 5.41 Å². The van der Waals surface area contributed by atoms with Crippen molar-refractivity contribution in [3.8, 4) is 0 Å². The number of hydrogen-bond acceptors (Lipinski definition) is 0. The van der Waals surface area contributed by atoms with Gasteiger partial charge in [0.15, 0.2) is 0 Å². The molecule has 8 heavy (non-hydrogen) atoms. The largest absolute Gasteiger partial charge is 0.128 e. The fraction of sp³-hybridized carbons (Fsp3) is 0.375. The summed E-state index contributed by atoms with van der Waals surface area (Å²) >= 11 is 0. The summed E-state index contributed by atoms with van der Waals surface area (Å²) in [6, 6.07) is 0. The zero-order valence-electron chi connectivity index (χ0n) is 4.94. The van der Waals surface area contributed by atoms with Gasteiger partial charge >= 0.3 is 0 Å². The van der Waals surface area contributed by atoms with Crippen molar-refractivity contribution < 1.29 is 0 Å². The second-order valence-electron chi connectivity index (χ2n) is 2.67. The molecule has 0 bridgehead atoms. The minimum Gasteiger partial charge on any atom is -0.128 e. The van der Waals surface area contributed by atoms with Gasteiger partial charge in [-0.05, 0) is 25.5 Å². The van der Waals surface area contributed by atoms with Crippen LogP contribution in [0.5, 0.6) is 0 Å². The van der Waals surface area contributed by atoms with E-state index in [-0.39, 0.29) is 0 Å². The van der Waals surface area contributed by atoms with Crippen molar-refractivity contribution in [3.63, 3.8) is 0 Å². The predicted molar refractivity (Wildman–Crippen MR) is 33.5 cm³/mol. The van der Waals surface area contributed by atoms with E-state index in [4.69, 9.17) is 0 Å². The fourth-order valence-corrected chi connectivity index (χ4v) is 1.14. The molecule has 1 atom stereocenters. The van der Waals surface area contributed by atoms with Crippen LogP contribution in [0.3, 0.4) is 0 Å². The minimum atomic E-state index is 0.370. The molecule has 0 radical (unpaired) electrons. The average molecular weight is 104 g/mol. The molecule has 0 aromatic carbocycles. The first-order valence-electron chi connectivity index (χ1n) is 2.96. The topological polar surface area (TPSA) is 0 Å². The van der Waals surface area contributed by atoms with Crippen LogP contribution in [0.4, 0.5) is 0 Å². The highest BCUT2D eigenvalue weighted by atomic mass is 14.4. The van der Waals surface area contributed by atoms with Gasteiger partial charge in [0.1, 0.15) is 0 Å². The Balaban J connectivity index is 2.42. The molecule has 0 heteroatoms. The number of hydrogen-bond donors (Lipinski definition) is 0. The summed E-state index contributed by atoms with van der Waals surface area (Å²) in [5.41, 5.74) is 5.05. The van der Waals surface area contributed by atoms with E-state index in [1.165, 1.54) is 0 Å². The zero-order chi connectivity index (χ0) is 5.61. The van der Waals surface area contributed by atoms with Gasteiger partial charge in [-0.2, -0.15) is 0 Å². The molecule has 0 saturated heterocycles. The van der Waals surface area contributed by atoms with Crippen LogP contribution >= 0.6 is 0 Å². The molecule has 0 aromatic rings. The van der Waals surface area contributed by atoms with Crippen molar-refractivity contribution in [3.05, 3.63) is 29.5 Å². The lowest BCUT2D eigenvalue weighted by atomic mass is 9.99. The third-order valence-electron chi connectivity index (χ3n) is 1.91. The van der Waals surface area contributed by atoms with Gasteiger partial charge in [-0.15, -0.1) is 5.73 Å². The lowest BCUT2D eigenvalue weighted by molar-refractivity contribution is 0.775. The van der Waals surface area contributed by atoms with Gasteiger partial charge in [-0.25, -0.2) is 0 Å². The van der Waals surface area contributed by atoms with Crippen LogP contribution in [-0.4, -0.2) is 0 Å². The maximum Gasteiger partial charge on any atom is 0.0324 e. The van der Waals surface area contributed by atoms with Crippen LogP contribution in [0.1, 0.15) is 13.3 Å². The second kappa shape index (κ2) is 0.985. The molecule has 2 aliphatic carbocycles. The molecule has 0 unspecified atom stereocenters. The average Bonchev–Trinajstić information content (AvgIpc) is 2.39. The molecule has 40 valence electrons. The van der Waals surface area contributed by atoms with Crippen LogP contribution in [0.25, 0.3) is 0 Å². The Morgan fingerprint density at radius 1 is 1.75 bits per heavy atom. The van der Waals surface area contributed by atoms with Gasteiger partial charge in [0.25, 0.3) is 0 Å². The van der Waals surface area contributed by atoms with Gasteiger partial charge in [0.05, 0.1) is 0 Å². The Morgan fingerprint density at radius 2 is 2.62 bits per heavy atom. The van der Waals surface area contributed by atoms with E-state index in [0.29, 0.717) is 5.41 Å². The highest BCUT2D eigenvalue weighted by Gasteiger charge is 2.36. The van der Waals surface area contributed by atoms with Crippen LogP contribution in [-0.2, 0) is 0 Å². The normalized spacial score (nSPS) is 38.9. The molecule has 0 aromatic heterocycles. The molecule has 0 fully saturated rings. The molecule has 0 nitrogen and oxygen atoms in total. The Labute approximate surface area is 49.2 Å². The van der Waals surface area contributed by atoms with E-state index < -0.39 is 0 Å². The van der Waals surface area contributed by atoms with Crippen LogP contribution in [0.2, 0.25) is 0 Å². The fourth-order valence-electron chi connectivity index (χ4n) is 1.14. The van der Waals surface area contributed by atoms with E-state index >= 15 is 0 Å². The van der Waals surface area contributed by atoms with Crippen molar-refractivity contribution in [2.45, 2.75) is 13.3 Å². The van der Waals surface area contributed by atoms with Crippen molar-refractivity contribution in [1.82, 2.24) is 0 Å². The standard InChI is InChI=1S/C8H8/c1-8-5-3-2-4-7(8)6-8/h2,5-6H,4H2,1H3/t8-/m0/s1. The molecule has 2 aliphatic rings. The van der Waals surface area contributed by atoms with Gasteiger partial charge in [-0.1, -0.05) is 11.6 Å².